The molecule has 0 unspecified atom stereocenters. The van der Waals surface area contributed by atoms with Crippen molar-refractivity contribution >= 4 is 5.91 Å². The quantitative estimate of drug-likeness (QED) is 0.680. The summed E-state index contributed by atoms with van der Waals surface area (Å²) in [4.78, 5) is 17.1. The lowest BCUT2D eigenvalue weighted by molar-refractivity contribution is 0.0761. The predicted molar refractivity (Wildman–Crippen MR) is 106 cm³/mol. The summed E-state index contributed by atoms with van der Waals surface area (Å²) in [6.07, 6.45) is 2.39. The van der Waals surface area contributed by atoms with Gasteiger partial charge in [0.1, 0.15) is 12.1 Å². The SMILES string of the molecule is Cc1cc(C(=O)N2CCCN(Cc3ccccc3F)CC2)ccc1-n1cnnn1. The van der Waals surface area contributed by atoms with E-state index in [2.05, 4.69) is 20.4 Å². The molecule has 2 heterocycles. The molecular formula is C21H23FN6O. The number of benzene rings is 2. The molecule has 1 amide bonds. The van der Waals surface area contributed by atoms with Gasteiger partial charge in [-0.15, -0.1) is 5.10 Å². The Morgan fingerprint density at radius 2 is 1.97 bits per heavy atom. The lowest BCUT2D eigenvalue weighted by Gasteiger charge is -2.22. The van der Waals surface area contributed by atoms with E-state index < -0.39 is 0 Å². The van der Waals surface area contributed by atoms with Crippen LogP contribution in [0.3, 0.4) is 0 Å². The van der Waals surface area contributed by atoms with E-state index >= 15 is 0 Å². The lowest BCUT2D eigenvalue weighted by Crippen LogP contribution is -2.35. The van der Waals surface area contributed by atoms with E-state index in [0.29, 0.717) is 30.8 Å². The summed E-state index contributed by atoms with van der Waals surface area (Å²) in [6, 6.07) is 12.4. The molecular weight excluding hydrogens is 371 g/mol. The van der Waals surface area contributed by atoms with Gasteiger partial charge in [-0.1, -0.05) is 18.2 Å². The van der Waals surface area contributed by atoms with Gasteiger partial charge in [0, 0.05) is 43.9 Å². The molecule has 0 N–H and O–H groups in total. The van der Waals surface area contributed by atoms with E-state index in [9.17, 15) is 9.18 Å². The third-order valence-corrected chi connectivity index (χ3v) is 5.27. The van der Waals surface area contributed by atoms with Crippen LogP contribution in [0.25, 0.3) is 5.69 Å². The highest BCUT2D eigenvalue weighted by Crippen LogP contribution is 2.18. The molecule has 3 aromatic rings. The summed E-state index contributed by atoms with van der Waals surface area (Å²) >= 11 is 0. The minimum atomic E-state index is -0.178. The van der Waals surface area contributed by atoms with Crippen LogP contribution in [0.1, 0.15) is 27.9 Å². The van der Waals surface area contributed by atoms with Crippen molar-refractivity contribution in [1.82, 2.24) is 30.0 Å². The van der Waals surface area contributed by atoms with Gasteiger partial charge in [0.15, 0.2) is 0 Å². The average Bonchev–Trinajstić information content (AvgIpc) is 3.15. The molecule has 4 rings (SSSR count). The van der Waals surface area contributed by atoms with Gasteiger partial charge < -0.3 is 4.90 Å². The number of nitrogens with zero attached hydrogens (tertiary/aromatic N) is 6. The predicted octanol–water partition coefficient (Wildman–Crippen LogP) is 2.46. The van der Waals surface area contributed by atoms with E-state index in [0.717, 1.165) is 30.8 Å². The van der Waals surface area contributed by atoms with Crippen molar-refractivity contribution < 1.29 is 9.18 Å². The lowest BCUT2D eigenvalue weighted by atomic mass is 10.1. The highest BCUT2D eigenvalue weighted by Gasteiger charge is 2.21. The molecule has 8 heteroatoms. The number of rotatable bonds is 4. The maximum absolute atomic E-state index is 13.9. The number of aryl methyl sites for hydroxylation is 1. The van der Waals surface area contributed by atoms with Crippen molar-refractivity contribution in [2.45, 2.75) is 19.9 Å². The highest BCUT2D eigenvalue weighted by atomic mass is 19.1. The van der Waals surface area contributed by atoms with Crippen molar-refractivity contribution in [3.05, 3.63) is 71.3 Å². The van der Waals surface area contributed by atoms with Crippen LogP contribution in [0.2, 0.25) is 0 Å². The summed E-state index contributed by atoms with van der Waals surface area (Å²) < 4.78 is 15.5. The Balaban J connectivity index is 1.42. The van der Waals surface area contributed by atoms with Crippen molar-refractivity contribution in [3.63, 3.8) is 0 Å². The third kappa shape index (κ3) is 4.32. The molecule has 7 nitrogen and oxygen atoms in total. The molecule has 1 fully saturated rings. The van der Waals surface area contributed by atoms with Gasteiger partial charge in [-0.25, -0.2) is 9.07 Å². The zero-order chi connectivity index (χ0) is 20.2. The van der Waals surface area contributed by atoms with Crippen LogP contribution in [0.4, 0.5) is 4.39 Å². The van der Waals surface area contributed by atoms with Gasteiger partial charge >= 0.3 is 0 Å². The zero-order valence-electron chi connectivity index (χ0n) is 16.3. The molecule has 0 aliphatic carbocycles. The zero-order valence-corrected chi connectivity index (χ0v) is 16.3. The smallest absolute Gasteiger partial charge is 0.253 e. The van der Waals surface area contributed by atoms with Crippen molar-refractivity contribution in [2.75, 3.05) is 26.2 Å². The first kappa shape index (κ1) is 19.2. The monoisotopic (exact) mass is 394 g/mol. The minimum absolute atomic E-state index is 0.0177. The van der Waals surface area contributed by atoms with E-state index in [1.54, 1.807) is 10.7 Å². The number of carbonyl (C=O) groups is 1. The summed E-state index contributed by atoms with van der Waals surface area (Å²) in [5, 5.41) is 11.2. The Labute approximate surface area is 168 Å². The van der Waals surface area contributed by atoms with E-state index in [4.69, 9.17) is 0 Å². The minimum Gasteiger partial charge on any atom is -0.337 e. The first-order chi connectivity index (χ1) is 14.1. The third-order valence-electron chi connectivity index (χ3n) is 5.27. The van der Waals surface area contributed by atoms with Gasteiger partial charge in [0.05, 0.1) is 5.69 Å². The number of amides is 1. The Kier molecular flexibility index (Phi) is 5.62. The highest BCUT2D eigenvalue weighted by molar-refractivity contribution is 5.94. The van der Waals surface area contributed by atoms with Crippen LogP contribution in [0, 0.1) is 12.7 Å². The van der Waals surface area contributed by atoms with E-state index in [1.807, 2.05) is 42.2 Å². The Morgan fingerprint density at radius 1 is 1.10 bits per heavy atom. The molecule has 0 saturated carbocycles. The van der Waals surface area contributed by atoms with Gasteiger partial charge in [-0.2, -0.15) is 0 Å². The van der Waals surface area contributed by atoms with Crippen LogP contribution >= 0.6 is 0 Å². The second-order valence-electron chi connectivity index (χ2n) is 7.27. The van der Waals surface area contributed by atoms with Gasteiger partial charge in [0.2, 0.25) is 0 Å². The maximum atomic E-state index is 13.9. The second-order valence-corrected chi connectivity index (χ2v) is 7.27. The number of hydrogen-bond acceptors (Lipinski definition) is 5. The van der Waals surface area contributed by atoms with Crippen LogP contribution in [0.5, 0.6) is 0 Å². The summed E-state index contributed by atoms with van der Waals surface area (Å²) in [6.45, 7) is 5.39. The molecule has 0 radical (unpaired) electrons. The fourth-order valence-corrected chi connectivity index (χ4v) is 3.70. The molecule has 1 aliphatic heterocycles. The molecule has 2 aromatic carbocycles. The molecule has 0 spiro atoms. The van der Waals surface area contributed by atoms with Crippen LogP contribution in [0.15, 0.2) is 48.8 Å². The molecule has 1 saturated heterocycles. The topological polar surface area (TPSA) is 67.2 Å². The Morgan fingerprint density at radius 3 is 2.72 bits per heavy atom. The maximum Gasteiger partial charge on any atom is 0.253 e. The second kappa shape index (κ2) is 8.48. The van der Waals surface area contributed by atoms with Gasteiger partial charge in [-0.3, -0.25) is 9.69 Å². The summed E-state index contributed by atoms with van der Waals surface area (Å²) in [5.41, 5.74) is 3.13. The summed E-state index contributed by atoms with van der Waals surface area (Å²) in [7, 11) is 0. The van der Waals surface area contributed by atoms with Gasteiger partial charge in [0.25, 0.3) is 5.91 Å². The Bertz CT molecular complexity index is 991. The van der Waals surface area contributed by atoms with E-state index in [1.165, 1.54) is 12.4 Å². The first-order valence-corrected chi connectivity index (χ1v) is 9.71. The Hall–Kier alpha value is -3.13. The molecule has 0 bridgehead atoms. The molecule has 1 aliphatic rings. The largest absolute Gasteiger partial charge is 0.337 e. The molecule has 1 aromatic heterocycles. The molecule has 150 valence electrons. The van der Waals surface area contributed by atoms with E-state index in [-0.39, 0.29) is 11.7 Å². The van der Waals surface area contributed by atoms with Crippen molar-refractivity contribution in [3.8, 4) is 5.69 Å². The first-order valence-electron chi connectivity index (χ1n) is 9.71. The number of carbonyl (C=O) groups excluding carboxylic acids is 1. The van der Waals surface area contributed by atoms with Crippen LogP contribution < -0.4 is 0 Å². The number of hydrogen-bond donors (Lipinski definition) is 0. The molecule has 0 atom stereocenters. The fraction of sp³-hybridized carbons (Fsp3) is 0.333. The fourth-order valence-electron chi connectivity index (χ4n) is 3.70. The van der Waals surface area contributed by atoms with Crippen molar-refractivity contribution in [1.29, 1.82) is 0 Å². The molecule has 29 heavy (non-hydrogen) atoms. The normalized spacial score (nSPS) is 15.3. The standard InChI is InChI=1S/C21H23FN6O/c1-16-13-17(7-8-20(16)28-15-23-24-25-28)21(29)27-10-4-9-26(11-12-27)14-18-5-2-3-6-19(18)22/h2-3,5-8,13,15H,4,9-12,14H2,1H3. The average molecular weight is 394 g/mol. The summed E-state index contributed by atoms with van der Waals surface area (Å²) in [5.74, 6) is -0.160. The van der Waals surface area contributed by atoms with Crippen molar-refractivity contribution in [2.24, 2.45) is 0 Å². The van der Waals surface area contributed by atoms with Crippen LogP contribution in [-0.4, -0.2) is 62.1 Å². The number of aromatic nitrogens is 4. The number of tetrazole rings is 1. The number of halogens is 1. The van der Waals surface area contributed by atoms with Crippen LogP contribution in [-0.2, 0) is 6.54 Å². The van der Waals surface area contributed by atoms with Gasteiger partial charge in [-0.05, 0) is 53.6 Å².